The first kappa shape index (κ1) is 34.4. The average molecular weight is 647 g/mol. The summed E-state index contributed by atoms with van der Waals surface area (Å²) in [5.74, 6) is -0.295. The van der Waals surface area contributed by atoms with Crippen LogP contribution in [0.3, 0.4) is 0 Å². The highest BCUT2D eigenvalue weighted by Crippen LogP contribution is 2.38. The Balaban J connectivity index is 1.29. The van der Waals surface area contributed by atoms with Crippen LogP contribution < -0.4 is 10.0 Å². The predicted molar refractivity (Wildman–Crippen MR) is 159 cm³/mol. The summed E-state index contributed by atoms with van der Waals surface area (Å²) in [7, 11) is -1.67. The third kappa shape index (κ3) is 11.2. The minimum atomic E-state index is -3.69. The van der Waals surface area contributed by atoms with Crippen LogP contribution in [0.1, 0.15) is 22.6 Å². The van der Waals surface area contributed by atoms with Gasteiger partial charge < -0.3 is 34.0 Å². The van der Waals surface area contributed by atoms with Gasteiger partial charge in [0.15, 0.2) is 0 Å². The minimum Gasteiger partial charge on any atom is -0.378 e. The van der Waals surface area contributed by atoms with Gasteiger partial charge in [0.25, 0.3) is 0 Å². The summed E-state index contributed by atoms with van der Waals surface area (Å²) in [6, 6.07) is 10.6. The molecule has 0 saturated heterocycles. The van der Waals surface area contributed by atoms with Crippen LogP contribution in [-0.2, 0) is 45.1 Å². The molecule has 0 bridgehead atoms. The summed E-state index contributed by atoms with van der Waals surface area (Å²) in [4.78, 5) is 23.8. The van der Waals surface area contributed by atoms with Gasteiger partial charge in [-0.1, -0.05) is 35.3 Å². The van der Waals surface area contributed by atoms with Crippen molar-refractivity contribution in [3.05, 3.63) is 63.1 Å². The molecule has 11 nitrogen and oxygen atoms in total. The Morgan fingerprint density at radius 2 is 1.62 bits per heavy atom. The molecule has 2 aromatic rings. The highest BCUT2D eigenvalue weighted by molar-refractivity contribution is 7.89. The second kappa shape index (κ2) is 17.9. The molecule has 1 aliphatic rings. The van der Waals surface area contributed by atoms with Crippen molar-refractivity contribution in [3.63, 3.8) is 0 Å². The third-order valence-electron chi connectivity index (χ3n) is 6.36. The van der Waals surface area contributed by atoms with Crippen LogP contribution in [-0.4, -0.2) is 105 Å². The molecule has 42 heavy (non-hydrogen) atoms. The summed E-state index contributed by atoms with van der Waals surface area (Å²) < 4.78 is 49.0. The maximum atomic E-state index is 12.7. The molecule has 232 valence electrons. The van der Waals surface area contributed by atoms with Crippen LogP contribution in [0.5, 0.6) is 0 Å². The van der Waals surface area contributed by atoms with Gasteiger partial charge in [-0.05, 0) is 48.0 Å². The van der Waals surface area contributed by atoms with Crippen LogP contribution in [0.2, 0.25) is 10.0 Å². The van der Waals surface area contributed by atoms with Gasteiger partial charge in [0, 0.05) is 42.1 Å². The van der Waals surface area contributed by atoms with Crippen molar-refractivity contribution in [1.29, 1.82) is 0 Å². The minimum absolute atomic E-state index is 0.0237. The number of carbonyl (C=O) groups excluding carboxylic acids is 2. The molecule has 0 aromatic heterocycles. The summed E-state index contributed by atoms with van der Waals surface area (Å²) in [6.45, 7) is 3.51. The normalized spacial score (nSPS) is 15.4. The van der Waals surface area contributed by atoms with Crippen molar-refractivity contribution < 1.29 is 37.0 Å². The van der Waals surface area contributed by atoms with Crippen LogP contribution in [0.4, 0.5) is 0 Å². The van der Waals surface area contributed by atoms with E-state index in [1.807, 2.05) is 25.2 Å². The smallest absolute Gasteiger partial charge is 0.246 e. The number of fused-ring (bicyclic) bond motifs is 1. The fourth-order valence-electron chi connectivity index (χ4n) is 4.40. The van der Waals surface area contributed by atoms with Crippen LogP contribution in [0.25, 0.3) is 0 Å². The zero-order valence-corrected chi connectivity index (χ0v) is 25.8. The molecule has 14 heteroatoms. The Morgan fingerprint density at radius 3 is 2.29 bits per heavy atom. The SMILES string of the molecule is CN1Cc2c(Cl)cc(Cl)cc2C(c2ccc(S(=O)(=O)NCCOCCOCCOCCNC(=O)COCC=O)cc2)C1. The first-order valence-electron chi connectivity index (χ1n) is 13.5. The van der Waals surface area contributed by atoms with Crippen LogP contribution in [0, 0.1) is 0 Å². The van der Waals surface area contributed by atoms with Gasteiger partial charge >= 0.3 is 0 Å². The van der Waals surface area contributed by atoms with Crippen molar-refractivity contribution in [3.8, 4) is 0 Å². The summed E-state index contributed by atoms with van der Waals surface area (Å²) >= 11 is 12.7. The van der Waals surface area contributed by atoms with E-state index in [9.17, 15) is 18.0 Å². The Kier molecular flexibility index (Phi) is 14.6. The summed E-state index contributed by atoms with van der Waals surface area (Å²) in [6.07, 6.45) is 0.578. The molecule has 0 spiro atoms. The van der Waals surface area contributed by atoms with Gasteiger partial charge in [0.1, 0.15) is 19.5 Å². The number of ether oxygens (including phenoxy) is 4. The second-order valence-corrected chi connectivity index (χ2v) is 12.2. The van der Waals surface area contributed by atoms with Gasteiger partial charge in [-0.3, -0.25) is 4.79 Å². The van der Waals surface area contributed by atoms with Gasteiger partial charge in [-0.2, -0.15) is 0 Å². The number of benzene rings is 2. The highest BCUT2D eigenvalue weighted by atomic mass is 35.5. The molecule has 0 fully saturated rings. The molecule has 0 radical (unpaired) electrons. The van der Waals surface area contributed by atoms with Crippen LogP contribution in [0.15, 0.2) is 41.3 Å². The molecule has 1 atom stereocenters. The van der Waals surface area contributed by atoms with Gasteiger partial charge in [0.2, 0.25) is 15.9 Å². The average Bonchev–Trinajstić information content (AvgIpc) is 2.96. The molecule has 0 saturated carbocycles. The lowest BCUT2D eigenvalue weighted by Gasteiger charge is -2.33. The van der Waals surface area contributed by atoms with Gasteiger partial charge in [-0.15, -0.1) is 0 Å². The topological polar surface area (TPSA) is 133 Å². The first-order valence-corrected chi connectivity index (χ1v) is 15.7. The number of amides is 1. The number of hydrogen-bond acceptors (Lipinski definition) is 9. The van der Waals surface area contributed by atoms with E-state index in [1.54, 1.807) is 18.2 Å². The fourth-order valence-corrected chi connectivity index (χ4v) is 5.98. The summed E-state index contributed by atoms with van der Waals surface area (Å²) in [5.41, 5.74) is 3.08. The van der Waals surface area contributed by atoms with Gasteiger partial charge in [0.05, 0.1) is 44.5 Å². The molecule has 0 aliphatic carbocycles. The lowest BCUT2D eigenvalue weighted by atomic mass is 9.85. The third-order valence-corrected chi connectivity index (χ3v) is 8.39. The number of sulfonamides is 1. The molecule has 3 rings (SSSR count). The number of aldehydes is 1. The molecule has 1 heterocycles. The lowest BCUT2D eigenvalue weighted by molar-refractivity contribution is -0.127. The second-order valence-electron chi connectivity index (χ2n) is 9.54. The summed E-state index contributed by atoms with van der Waals surface area (Å²) in [5, 5.41) is 3.81. The number of rotatable bonds is 19. The van der Waals surface area contributed by atoms with E-state index < -0.39 is 10.0 Å². The van der Waals surface area contributed by atoms with Gasteiger partial charge in [-0.25, -0.2) is 13.1 Å². The monoisotopic (exact) mass is 645 g/mol. The van der Waals surface area contributed by atoms with Crippen LogP contribution >= 0.6 is 23.2 Å². The number of carbonyl (C=O) groups is 2. The predicted octanol–water partition coefficient (Wildman–Crippen LogP) is 2.23. The fraction of sp³-hybridized carbons (Fsp3) is 0.500. The standard InChI is InChI=1S/C28H37Cl2N3O8S/c1-33-18-25(24-16-22(29)17-27(30)26(24)19-33)21-2-4-23(5-3-21)42(36,37)32-7-10-39-13-15-40-14-12-38-9-6-31-28(35)20-41-11-8-34/h2-5,8,16-17,25,32H,6-7,9-15,18-20H2,1H3,(H,31,35). The molecule has 1 unspecified atom stereocenters. The zero-order valence-electron chi connectivity index (χ0n) is 23.5. The molecular weight excluding hydrogens is 609 g/mol. The van der Waals surface area contributed by atoms with Crippen molar-refractivity contribution in [2.75, 3.05) is 79.5 Å². The molecule has 1 aliphatic heterocycles. The van der Waals surface area contributed by atoms with E-state index in [0.29, 0.717) is 55.9 Å². The van der Waals surface area contributed by atoms with E-state index in [0.717, 1.165) is 29.8 Å². The number of likely N-dealkylation sites (N-methyl/N-ethyl adjacent to an activating group) is 1. The van der Waals surface area contributed by atoms with E-state index in [1.165, 1.54) is 0 Å². The van der Waals surface area contributed by atoms with Crippen molar-refractivity contribution in [2.45, 2.75) is 17.4 Å². The van der Waals surface area contributed by atoms with E-state index in [2.05, 4.69) is 14.9 Å². The van der Waals surface area contributed by atoms with Crippen molar-refractivity contribution >= 4 is 45.4 Å². The quantitative estimate of drug-likeness (QED) is 0.174. The Bertz CT molecular complexity index is 1260. The van der Waals surface area contributed by atoms with E-state index >= 15 is 0 Å². The Hall–Kier alpha value is -2.13. The molecular formula is C28H37Cl2N3O8S. The van der Waals surface area contributed by atoms with Crippen molar-refractivity contribution in [1.82, 2.24) is 14.9 Å². The largest absolute Gasteiger partial charge is 0.378 e. The maximum absolute atomic E-state index is 12.7. The highest BCUT2D eigenvalue weighted by Gasteiger charge is 2.27. The van der Waals surface area contributed by atoms with E-state index in [4.69, 9.17) is 42.1 Å². The Morgan fingerprint density at radius 1 is 0.976 bits per heavy atom. The number of halogens is 2. The lowest BCUT2D eigenvalue weighted by Crippen LogP contribution is -2.31. The first-order chi connectivity index (χ1) is 20.2. The zero-order chi connectivity index (χ0) is 30.4. The molecule has 2 N–H and O–H groups in total. The molecule has 2 aromatic carbocycles. The number of nitrogens with zero attached hydrogens (tertiary/aromatic N) is 1. The number of hydrogen-bond donors (Lipinski definition) is 2. The Labute approximate surface area is 256 Å². The number of nitrogens with one attached hydrogen (secondary N) is 2. The van der Waals surface area contributed by atoms with Crippen molar-refractivity contribution in [2.24, 2.45) is 0 Å². The molecule has 1 amide bonds. The maximum Gasteiger partial charge on any atom is 0.246 e. The van der Waals surface area contributed by atoms with E-state index in [-0.39, 0.29) is 43.1 Å².